The Morgan fingerprint density at radius 2 is 2.00 bits per heavy atom. The van der Waals surface area contributed by atoms with Crippen molar-refractivity contribution in [2.45, 2.75) is 46.5 Å². The summed E-state index contributed by atoms with van der Waals surface area (Å²) in [6.07, 6.45) is 4.47. The van der Waals surface area contributed by atoms with Crippen molar-refractivity contribution in [3.8, 4) is 0 Å². The predicted molar refractivity (Wildman–Crippen MR) is 73.2 cm³/mol. The summed E-state index contributed by atoms with van der Waals surface area (Å²) >= 11 is 3.30. The van der Waals surface area contributed by atoms with E-state index in [9.17, 15) is 4.79 Å². The molecule has 0 saturated carbocycles. The number of halogens is 1. The number of aryl methyl sites for hydroxylation is 1. The molecule has 0 fully saturated rings. The first-order valence-corrected chi connectivity index (χ1v) is 6.73. The molecule has 1 amide bonds. The van der Waals surface area contributed by atoms with E-state index in [-0.39, 0.29) is 0 Å². The Morgan fingerprint density at radius 3 is 2.53 bits per heavy atom. The van der Waals surface area contributed by atoms with Crippen LogP contribution >= 0.6 is 15.9 Å². The predicted octanol–water partition coefficient (Wildman–Crippen LogP) is 3.29. The molecule has 2 N–H and O–H groups in total. The first-order valence-electron chi connectivity index (χ1n) is 5.94. The molecule has 0 spiro atoms. The number of unbranched alkanes of at least 4 members (excludes halogenated alkanes) is 2. The largest absolute Gasteiger partial charge is 0.366 e. The summed E-state index contributed by atoms with van der Waals surface area (Å²) in [6.45, 7) is 6.10. The Kier molecular flexibility index (Phi) is 5.12. The van der Waals surface area contributed by atoms with Gasteiger partial charge in [0, 0.05) is 5.69 Å². The molecule has 0 atom stereocenters. The summed E-state index contributed by atoms with van der Waals surface area (Å²) in [4.78, 5) is 15.7. The van der Waals surface area contributed by atoms with Gasteiger partial charge in [-0.15, -0.1) is 0 Å². The lowest BCUT2D eigenvalue weighted by atomic mass is 9.97. The van der Waals surface area contributed by atoms with Gasteiger partial charge in [0.25, 0.3) is 5.91 Å². The summed E-state index contributed by atoms with van der Waals surface area (Å²) in [7, 11) is 0. The number of hydrogen-bond donors (Lipinski definition) is 1. The summed E-state index contributed by atoms with van der Waals surface area (Å²) < 4.78 is 0.555. The van der Waals surface area contributed by atoms with Gasteiger partial charge in [-0.3, -0.25) is 4.79 Å². The van der Waals surface area contributed by atoms with Crippen LogP contribution in [-0.4, -0.2) is 10.9 Å². The highest BCUT2D eigenvalue weighted by atomic mass is 79.9. The molecule has 0 aliphatic heterocycles. The zero-order valence-corrected chi connectivity index (χ0v) is 12.2. The average Bonchev–Trinajstić information content (AvgIpc) is 2.21. The van der Waals surface area contributed by atoms with Gasteiger partial charge >= 0.3 is 0 Å². The Labute approximate surface area is 111 Å². The van der Waals surface area contributed by atoms with Crippen LogP contribution in [0, 0.1) is 13.8 Å². The molecule has 4 heteroatoms. The quantitative estimate of drug-likeness (QED) is 0.670. The Morgan fingerprint density at radius 1 is 1.35 bits per heavy atom. The third-order valence-electron chi connectivity index (χ3n) is 3.01. The summed E-state index contributed by atoms with van der Waals surface area (Å²) in [5, 5.41) is 0. The van der Waals surface area contributed by atoms with Gasteiger partial charge in [0.2, 0.25) is 0 Å². The Bertz CT molecular complexity index is 430. The molecule has 0 aliphatic rings. The van der Waals surface area contributed by atoms with Crippen molar-refractivity contribution >= 4 is 21.8 Å². The number of primary amides is 1. The molecule has 1 aromatic rings. The van der Waals surface area contributed by atoms with Crippen LogP contribution < -0.4 is 5.73 Å². The number of nitrogens with two attached hydrogens (primary N) is 1. The van der Waals surface area contributed by atoms with Gasteiger partial charge in [0.05, 0.1) is 5.56 Å². The fraction of sp³-hybridized carbons (Fsp3) is 0.538. The molecule has 3 nitrogen and oxygen atoms in total. The maximum atomic E-state index is 11.4. The van der Waals surface area contributed by atoms with Crippen molar-refractivity contribution in [2.24, 2.45) is 5.73 Å². The van der Waals surface area contributed by atoms with E-state index in [4.69, 9.17) is 5.73 Å². The zero-order valence-electron chi connectivity index (χ0n) is 10.6. The number of amides is 1. The highest BCUT2D eigenvalue weighted by Crippen LogP contribution is 2.24. The number of carbonyl (C=O) groups excluding carboxylic acids is 1. The van der Waals surface area contributed by atoms with Crippen LogP contribution in [0.25, 0.3) is 0 Å². The van der Waals surface area contributed by atoms with Crippen LogP contribution in [0.3, 0.4) is 0 Å². The maximum absolute atomic E-state index is 11.4. The van der Waals surface area contributed by atoms with Gasteiger partial charge in [-0.1, -0.05) is 19.8 Å². The van der Waals surface area contributed by atoms with Gasteiger partial charge in [0.15, 0.2) is 0 Å². The van der Waals surface area contributed by atoms with Gasteiger partial charge < -0.3 is 5.73 Å². The summed E-state index contributed by atoms with van der Waals surface area (Å²) in [5.74, 6) is -0.418. The number of rotatable bonds is 5. The fourth-order valence-corrected chi connectivity index (χ4v) is 2.81. The molecule has 0 saturated heterocycles. The molecule has 0 bridgehead atoms. The second kappa shape index (κ2) is 6.15. The van der Waals surface area contributed by atoms with E-state index in [0.717, 1.165) is 29.7 Å². The van der Waals surface area contributed by atoms with Crippen LogP contribution in [0.5, 0.6) is 0 Å². The molecule has 1 heterocycles. The average molecular weight is 299 g/mol. The van der Waals surface area contributed by atoms with E-state index < -0.39 is 5.91 Å². The highest BCUT2D eigenvalue weighted by molar-refractivity contribution is 9.10. The van der Waals surface area contributed by atoms with E-state index in [1.54, 1.807) is 0 Å². The van der Waals surface area contributed by atoms with Crippen LogP contribution in [-0.2, 0) is 6.42 Å². The summed E-state index contributed by atoms with van der Waals surface area (Å²) in [5.41, 5.74) is 9.01. The van der Waals surface area contributed by atoms with E-state index in [0.29, 0.717) is 10.2 Å². The lowest BCUT2D eigenvalue weighted by Crippen LogP contribution is -2.16. The molecule has 0 radical (unpaired) electrons. The highest BCUT2D eigenvalue weighted by Gasteiger charge is 2.16. The van der Waals surface area contributed by atoms with Crippen molar-refractivity contribution < 1.29 is 4.79 Å². The van der Waals surface area contributed by atoms with Crippen molar-refractivity contribution in [3.63, 3.8) is 0 Å². The standard InChI is InChI=1S/C13H19BrN2O/c1-4-5-6-7-10-8(2)11(13(15)17)12(14)16-9(10)3/h4-7H2,1-3H3,(H2,15,17). The van der Waals surface area contributed by atoms with E-state index >= 15 is 0 Å². The molecule has 0 unspecified atom stereocenters. The topological polar surface area (TPSA) is 56.0 Å². The molecular weight excluding hydrogens is 280 g/mol. The molecule has 94 valence electrons. The lowest BCUT2D eigenvalue weighted by molar-refractivity contribution is 0.0998. The number of carbonyl (C=O) groups is 1. The van der Waals surface area contributed by atoms with Gasteiger partial charge in [-0.25, -0.2) is 4.98 Å². The second-order valence-electron chi connectivity index (χ2n) is 4.29. The maximum Gasteiger partial charge on any atom is 0.251 e. The van der Waals surface area contributed by atoms with E-state index in [1.807, 2.05) is 13.8 Å². The third-order valence-corrected chi connectivity index (χ3v) is 3.59. The van der Waals surface area contributed by atoms with Crippen LogP contribution in [0.2, 0.25) is 0 Å². The third kappa shape index (κ3) is 3.28. The normalized spacial score (nSPS) is 10.6. The zero-order chi connectivity index (χ0) is 13.0. The fourth-order valence-electron chi connectivity index (χ4n) is 2.05. The second-order valence-corrected chi connectivity index (χ2v) is 5.04. The van der Waals surface area contributed by atoms with Gasteiger partial charge in [-0.2, -0.15) is 0 Å². The first-order chi connectivity index (χ1) is 7.99. The van der Waals surface area contributed by atoms with Crippen molar-refractivity contribution in [3.05, 3.63) is 27.0 Å². The first kappa shape index (κ1) is 14.2. The van der Waals surface area contributed by atoms with E-state index in [1.165, 1.54) is 12.8 Å². The van der Waals surface area contributed by atoms with Crippen molar-refractivity contribution in [1.29, 1.82) is 0 Å². The Hall–Kier alpha value is -0.900. The van der Waals surface area contributed by atoms with Gasteiger partial charge in [0.1, 0.15) is 4.60 Å². The minimum absolute atomic E-state index is 0.418. The van der Waals surface area contributed by atoms with Crippen LogP contribution in [0.1, 0.15) is 53.4 Å². The molecular formula is C13H19BrN2O. The smallest absolute Gasteiger partial charge is 0.251 e. The molecule has 1 rings (SSSR count). The van der Waals surface area contributed by atoms with Gasteiger partial charge in [-0.05, 0) is 53.7 Å². The number of hydrogen-bond acceptors (Lipinski definition) is 2. The minimum atomic E-state index is -0.418. The summed E-state index contributed by atoms with van der Waals surface area (Å²) in [6, 6.07) is 0. The monoisotopic (exact) mass is 298 g/mol. The lowest BCUT2D eigenvalue weighted by Gasteiger charge is -2.13. The van der Waals surface area contributed by atoms with E-state index in [2.05, 4.69) is 27.8 Å². The SMILES string of the molecule is CCCCCc1c(C)nc(Br)c(C(N)=O)c1C. The minimum Gasteiger partial charge on any atom is -0.366 e. The number of pyridine rings is 1. The van der Waals surface area contributed by atoms with Crippen LogP contribution in [0.15, 0.2) is 4.60 Å². The molecule has 0 aliphatic carbocycles. The van der Waals surface area contributed by atoms with Crippen molar-refractivity contribution in [1.82, 2.24) is 4.98 Å². The molecule has 17 heavy (non-hydrogen) atoms. The Balaban J connectivity index is 3.12. The van der Waals surface area contributed by atoms with Crippen molar-refractivity contribution in [2.75, 3.05) is 0 Å². The van der Waals surface area contributed by atoms with Crippen LogP contribution in [0.4, 0.5) is 0 Å². The molecule has 1 aromatic heterocycles. The molecule has 0 aromatic carbocycles. The number of aromatic nitrogens is 1. The number of nitrogens with zero attached hydrogens (tertiary/aromatic N) is 1.